The summed E-state index contributed by atoms with van der Waals surface area (Å²) in [5, 5.41) is 5.64. The van der Waals surface area contributed by atoms with Gasteiger partial charge in [0.1, 0.15) is 10.7 Å². The van der Waals surface area contributed by atoms with Crippen LogP contribution in [-0.2, 0) is 0 Å². The normalized spacial score (nSPS) is 14.0. The van der Waals surface area contributed by atoms with Crippen molar-refractivity contribution in [3.8, 4) is 10.6 Å². The Morgan fingerprint density at radius 2 is 2.05 bits per heavy atom. The molecule has 0 aliphatic heterocycles. The number of nitrogens with two attached hydrogens (primary N) is 1. The van der Waals surface area contributed by atoms with Crippen molar-refractivity contribution >= 4 is 17.2 Å². The van der Waals surface area contributed by atoms with Crippen molar-refractivity contribution in [1.82, 2.24) is 10.3 Å². The molecule has 1 amide bonds. The smallest absolute Gasteiger partial charge is 0.271 e. The lowest BCUT2D eigenvalue weighted by Gasteiger charge is -2.33. The zero-order valence-electron chi connectivity index (χ0n) is 12.6. The number of thiazole rings is 1. The maximum atomic E-state index is 12.3. The first-order valence-electron chi connectivity index (χ1n) is 7.00. The molecule has 3 N–H and O–H groups in total. The Kier molecular flexibility index (Phi) is 4.75. The van der Waals surface area contributed by atoms with Crippen LogP contribution in [0.2, 0.25) is 0 Å². The van der Waals surface area contributed by atoms with Crippen LogP contribution in [0.25, 0.3) is 10.6 Å². The summed E-state index contributed by atoms with van der Waals surface area (Å²) in [5.41, 5.74) is 6.84. The van der Waals surface area contributed by atoms with Crippen LogP contribution in [0.3, 0.4) is 0 Å². The van der Waals surface area contributed by atoms with Gasteiger partial charge in [0.05, 0.1) is 5.54 Å². The monoisotopic (exact) mass is 303 g/mol. The zero-order valence-corrected chi connectivity index (χ0v) is 13.4. The molecule has 0 aliphatic carbocycles. The van der Waals surface area contributed by atoms with E-state index in [1.54, 1.807) is 5.38 Å². The zero-order chi connectivity index (χ0) is 15.5. The summed E-state index contributed by atoms with van der Waals surface area (Å²) in [6, 6.07) is 9.85. The van der Waals surface area contributed by atoms with Gasteiger partial charge in [0, 0.05) is 17.5 Å². The maximum absolute atomic E-state index is 12.3. The first kappa shape index (κ1) is 15.7. The first-order valence-corrected chi connectivity index (χ1v) is 7.88. The van der Waals surface area contributed by atoms with Crippen LogP contribution in [0.1, 0.15) is 31.3 Å². The molecule has 0 saturated carbocycles. The van der Waals surface area contributed by atoms with Crippen molar-refractivity contribution in [1.29, 1.82) is 0 Å². The molecule has 0 fully saturated rings. The average molecular weight is 303 g/mol. The van der Waals surface area contributed by atoms with Gasteiger partial charge in [-0.2, -0.15) is 0 Å². The molecule has 21 heavy (non-hydrogen) atoms. The molecule has 0 spiro atoms. The summed E-state index contributed by atoms with van der Waals surface area (Å²) in [4.78, 5) is 16.8. The van der Waals surface area contributed by atoms with E-state index < -0.39 is 5.54 Å². The van der Waals surface area contributed by atoms with Crippen LogP contribution < -0.4 is 11.1 Å². The number of rotatable bonds is 5. The number of nitrogens with zero attached hydrogens (tertiary/aromatic N) is 1. The third-order valence-corrected chi connectivity index (χ3v) is 4.75. The Bertz CT molecular complexity index is 609. The Morgan fingerprint density at radius 1 is 1.38 bits per heavy atom. The van der Waals surface area contributed by atoms with Crippen LogP contribution in [-0.4, -0.2) is 23.0 Å². The molecular weight excluding hydrogens is 282 g/mol. The maximum Gasteiger partial charge on any atom is 0.271 e. The molecule has 0 bridgehead atoms. The highest BCUT2D eigenvalue weighted by Gasteiger charge is 2.29. The summed E-state index contributed by atoms with van der Waals surface area (Å²) >= 11 is 1.47. The third-order valence-electron chi connectivity index (χ3n) is 3.85. The van der Waals surface area contributed by atoms with E-state index in [1.807, 2.05) is 51.1 Å². The van der Waals surface area contributed by atoms with Gasteiger partial charge in [-0.25, -0.2) is 4.98 Å². The predicted octanol–water partition coefficient (Wildman–Crippen LogP) is 2.91. The number of nitrogens with one attached hydrogen (secondary N) is 1. The number of carbonyl (C=O) groups excluding carboxylic acids is 1. The quantitative estimate of drug-likeness (QED) is 0.892. The molecule has 0 aliphatic rings. The fraction of sp³-hybridized carbons (Fsp3) is 0.375. The molecular formula is C16H21N3OS. The lowest BCUT2D eigenvalue weighted by molar-refractivity contribution is 0.0879. The van der Waals surface area contributed by atoms with Crippen LogP contribution in [0.4, 0.5) is 0 Å². The minimum absolute atomic E-state index is 0.171. The topological polar surface area (TPSA) is 68.0 Å². The van der Waals surface area contributed by atoms with E-state index in [0.717, 1.165) is 10.6 Å². The van der Waals surface area contributed by atoms with Gasteiger partial charge < -0.3 is 11.1 Å². The van der Waals surface area contributed by atoms with Crippen molar-refractivity contribution in [3.05, 3.63) is 41.4 Å². The van der Waals surface area contributed by atoms with Gasteiger partial charge in [-0.3, -0.25) is 4.79 Å². The third kappa shape index (κ3) is 3.49. The lowest BCUT2D eigenvalue weighted by Crippen LogP contribution is -2.55. The number of hydrogen-bond donors (Lipinski definition) is 2. The van der Waals surface area contributed by atoms with E-state index >= 15 is 0 Å². The fourth-order valence-electron chi connectivity index (χ4n) is 1.85. The molecule has 5 heteroatoms. The van der Waals surface area contributed by atoms with Crippen molar-refractivity contribution in [2.45, 2.75) is 26.3 Å². The highest BCUT2D eigenvalue weighted by molar-refractivity contribution is 7.13. The van der Waals surface area contributed by atoms with E-state index in [0.29, 0.717) is 12.2 Å². The van der Waals surface area contributed by atoms with Crippen molar-refractivity contribution in [2.75, 3.05) is 6.54 Å². The van der Waals surface area contributed by atoms with Gasteiger partial charge >= 0.3 is 0 Å². The minimum Gasteiger partial charge on any atom is -0.344 e. The van der Waals surface area contributed by atoms with Crippen LogP contribution in [0.5, 0.6) is 0 Å². The second-order valence-corrected chi connectivity index (χ2v) is 6.49. The van der Waals surface area contributed by atoms with E-state index in [4.69, 9.17) is 5.73 Å². The molecule has 1 aromatic carbocycles. The van der Waals surface area contributed by atoms with Gasteiger partial charge in [-0.1, -0.05) is 44.2 Å². The van der Waals surface area contributed by atoms with Gasteiger partial charge in [0.25, 0.3) is 5.91 Å². The van der Waals surface area contributed by atoms with Crippen LogP contribution >= 0.6 is 11.3 Å². The van der Waals surface area contributed by atoms with Gasteiger partial charge in [0.2, 0.25) is 0 Å². The molecule has 4 nitrogen and oxygen atoms in total. The van der Waals surface area contributed by atoms with Crippen LogP contribution in [0, 0.1) is 5.92 Å². The molecule has 1 aromatic heterocycles. The standard InChI is InChI=1S/C16H21N3OS/c1-11(2)16(3,10-17)19-14(20)13-9-21-15(18-13)12-7-5-4-6-8-12/h4-9,11H,10,17H2,1-3H3,(H,19,20). The number of hydrogen-bond acceptors (Lipinski definition) is 4. The molecule has 1 unspecified atom stereocenters. The second kappa shape index (κ2) is 6.37. The highest BCUT2D eigenvalue weighted by atomic mass is 32.1. The van der Waals surface area contributed by atoms with E-state index in [2.05, 4.69) is 10.3 Å². The molecule has 1 atom stereocenters. The highest BCUT2D eigenvalue weighted by Crippen LogP contribution is 2.24. The van der Waals surface area contributed by atoms with Crippen molar-refractivity contribution in [2.24, 2.45) is 11.7 Å². The summed E-state index contributed by atoms with van der Waals surface area (Å²) in [7, 11) is 0. The summed E-state index contributed by atoms with van der Waals surface area (Å²) in [6.45, 7) is 6.44. The minimum atomic E-state index is -0.423. The lowest BCUT2D eigenvalue weighted by atomic mass is 9.88. The SMILES string of the molecule is CC(C)C(C)(CN)NC(=O)c1csc(-c2ccccc2)n1. The van der Waals surface area contributed by atoms with E-state index in [-0.39, 0.29) is 11.8 Å². The number of aromatic nitrogens is 1. The molecule has 0 radical (unpaired) electrons. The second-order valence-electron chi connectivity index (χ2n) is 5.63. The van der Waals surface area contributed by atoms with E-state index in [1.165, 1.54) is 11.3 Å². The van der Waals surface area contributed by atoms with Crippen LogP contribution in [0.15, 0.2) is 35.7 Å². The number of benzene rings is 1. The Hall–Kier alpha value is -1.72. The fourth-order valence-corrected chi connectivity index (χ4v) is 2.65. The largest absolute Gasteiger partial charge is 0.344 e. The van der Waals surface area contributed by atoms with Gasteiger partial charge in [0.15, 0.2) is 0 Å². The molecule has 2 rings (SSSR count). The van der Waals surface area contributed by atoms with Crippen molar-refractivity contribution < 1.29 is 4.79 Å². The molecule has 1 heterocycles. The Balaban J connectivity index is 2.16. The van der Waals surface area contributed by atoms with Gasteiger partial charge in [-0.15, -0.1) is 11.3 Å². The summed E-state index contributed by atoms with van der Waals surface area (Å²) < 4.78 is 0. The number of amides is 1. The summed E-state index contributed by atoms with van der Waals surface area (Å²) in [6.07, 6.45) is 0. The van der Waals surface area contributed by atoms with Gasteiger partial charge in [-0.05, 0) is 12.8 Å². The average Bonchev–Trinajstić information content (AvgIpc) is 2.97. The summed E-state index contributed by atoms with van der Waals surface area (Å²) in [5.74, 6) is 0.0776. The Morgan fingerprint density at radius 3 is 2.62 bits per heavy atom. The molecule has 0 saturated heterocycles. The predicted molar refractivity (Wildman–Crippen MR) is 87.3 cm³/mol. The Labute approximate surface area is 129 Å². The number of carbonyl (C=O) groups is 1. The van der Waals surface area contributed by atoms with E-state index in [9.17, 15) is 4.79 Å². The molecule has 112 valence electrons. The molecule has 2 aromatic rings. The first-order chi connectivity index (χ1) is 9.96. The van der Waals surface area contributed by atoms with Crippen molar-refractivity contribution in [3.63, 3.8) is 0 Å².